The number of carbonyl (C=O) groups excluding carboxylic acids is 1. The van der Waals surface area contributed by atoms with E-state index in [2.05, 4.69) is 29.2 Å². The summed E-state index contributed by atoms with van der Waals surface area (Å²) in [6, 6.07) is 18.7. The fourth-order valence-corrected chi connectivity index (χ4v) is 3.28. The van der Waals surface area contributed by atoms with Gasteiger partial charge >= 0.3 is 0 Å². The van der Waals surface area contributed by atoms with E-state index in [-0.39, 0.29) is 5.91 Å². The number of anilines is 1. The van der Waals surface area contributed by atoms with Gasteiger partial charge in [-0.05, 0) is 43.0 Å². The molecule has 3 rings (SSSR count). The normalized spacial score (nSPS) is 17.3. The molecule has 0 radical (unpaired) electrons. The number of amides is 1. The van der Waals surface area contributed by atoms with Gasteiger partial charge in [-0.3, -0.25) is 4.79 Å². The van der Waals surface area contributed by atoms with Gasteiger partial charge < -0.3 is 9.80 Å². The highest BCUT2D eigenvalue weighted by Gasteiger charge is 2.29. The van der Waals surface area contributed by atoms with E-state index in [9.17, 15) is 4.79 Å². The van der Waals surface area contributed by atoms with E-state index in [0.29, 0.717) is 6.04 Å². The SMILES string of the molecule is CN(C)c1cccc(C(=O)N2CCCC2Cc2ccccc2)c1. The molecule has 3 nitrogen and oxygen atoms in total. The summed E-state index contributed by atoms with van der Waals surface area (Å²) in [6.45, 7) is 0.864. The summed E-state index contributed by atoms with van der Waals surface area (Å²) < 4.78 is 0. The lowest BCUT2D eigenvalue weighted by Gasteiger charge is -2.25. The predicted molar refractivity (Wildman–Crippen MR) is 95.0 cm³/mol. The van der Waals surface area contributed by atoms with E-state index in [1.165, 1.54) is 5.56 Å². The standard InChI is InChI=1S/C20H24N2O/c1-21(2)18-11-6-10-17(15-18)20(23)22-13-7-12-19(22)14-16-8-4-3-5-9-16/h3-6,8-11,15,19H,7,12-14H2,1-2H3. The third kappa shape index (κ3) is 3.55. The third-order valence-electron chi connectivity index (χ3n) is 4.56. The molecule has 0 spiro atoms. The Morgan fingerprint density at radius 3 is 2.65 bits per heavy atom. The Hall–Kier alpha value is -2.29. The molecule has 1 unspecified atom stereocenters. The second kappa shape index (κ2) is 6.86. The van der Waals surface area contributed by atoms with Crippen LogP contribution < -0.4 is 4.90 Å². The minimum atomic E-state index is 0.159. The zero-order chi connectivity index (χ0) is 16.2. The molecule has 0 aromatic heterocycles. The van der Waals surface area contributed by atoms with Crippen molar-refractivity contribution in [2.24, 2.45) is 0 Å². The van der Waals surface area contributed by atoms with E-state index in [1.54, 1.807) is 0 Å². The number of likely N-dealkylation sites (tertiary alicyclic amines) is 1. The van der Waals surface area contributed by atoms with Gasteiger partial charge in [0.05, 0.1) is 0 Å². The monoisotopic (exact) mass is 308 g/mol. The molecule has 1 saturated heterocycles. The average Bonchev–Trinajstić information content (AvgIpc) is 3.03. The fraction of sp³-hybridized carbons (Fsp3) is 0.350. The smallest absolute Gasteiger partial charge is 0.254 e. The molecule has 0 aliphatic carbocycles. The molecule has 0 bridgehead atoms. The molecule has 1 atom stereocenters. The van der Waals surface area contributed by atoms with Gasteiger partial charge in [0.2, 0.25) is 0 Å². The van der Waals surface area contributed by atoms with E-state index < -0.39 is 0 Å². The second-order valence-electron chi connectivity index (χ2n) is 6.43. The van der Waals surface area contributed by atoms with Crippen molar-refractivity contribution in [1.82, 2.24) is 4.90 Å². The number of hydrogen-bond acceptors (Lipinski definition) is 2. The van der Waals surface area contributed by atoms with Crippen LogP contribution in [0.15, 0.2) is 54.6 Å². The Labute approximate surface area is 138 Å². The van der Waals surface area contributed by atoms with Crippen LogP contribution in [0.1, 0.15) is 28.8 Å². The van der Waals surface area contributed by atoms with Crippen molar-refractivity contribution < 1.29 is 4.79 Å². The van der Waals surface area contributed by atoms with E-state index in [4.69, 9.17) is 0 Å². The van der Waals surface area contributed by atoms with Crippen LogP contribution in [0.3, 0.4) is 0 Å². The molecule has 1 heterocycles. The molecule has 1 aliphatic rings. The van der Waals surface area contributed by atoms with Gasteiger partial charge in [0.25, 0.3) is 5.91 Å². The van der Waals surface area contributed by atoms with Crippen molar-refractivity contribution >= 4 is 11.6 Å². The fourth-order valence-electron chi connectivity index (χ4n) is 3.28. The highest BCUT2D eigenvalue weighted by molar-refractivity contribution is 5.95. The Balaban J connectivity index is 1.77. The zero-order valence-corrected chi connectivity index (χ0v) is 13.9. The number of benzene rings is 2. The lowest BCUT2D eigenvalue weighted by Crippen LogP contribution is -2.36. The van der Waals surface area contributed by atoms with Crippen molar-refractivity contribution in [1.29, 1.82) is 0 Å². The van der Waals surface area contributed by atoms with Crippen LogP contribution in [0.4, 0.5) is 5.69 Å². The van der Waals surface area contributed by atoms with Crippen molar-refractivity contribution in [3.05, 3.63) is 65.7 Å². The Bertz CT molecular complexity index is 666. The van der Waals surface area contributed by atoms with Crippen molar-refractivity contribution in [2.75, 3.05) is 25.5 Å². The number of nitrogens with zero attached hydrogens (tertiary/aromatic N) is 2. The van der Waals surface area contributed by atoms with Crippen molar-refractivity contribution in [3.8, 4) is 0 Å². The molecule has 1 fully saturated rings. The molecule has 1 aliphatic heterocycles. The number of hydrogen-bond donors (Lipinski definition) is 0. The topological polar surface area (TPSA) is 23.6 Å². The Kier molecular flexibility index (Phi) is 4.65. The summed E-state index contributed by atoms with van der Waals surface area (Å²) in [4.78, 5) is 17.0. The summed E-state index contributed by atoms with van der Waals surface area (Å²) >= 11 is 0. The largest absolute Gasteiger partial charge is 0.378 e. The minimum Gasteiger partial charge on any atom is -0.378 e. The highest BCUT2D eigenvalue weighted by Crippen LogP contribution is 2.24. The molecule has 1 amide bonds. The lowest BCUT2D eigenvalue weighted by atomic mass is 10.0. The maximum absolute atomic E-state index is 12.9. The summed E-state index contributed by atoms with van der Waals surface area (Å²) in [5, 5.41) is 0. The van der Waals surface area contributed by atoms with Gasteiger partial charge in [0, 0.05) is 37.9 Å². The quantitative estimate of drug-likeness (QED) is 0.861. The van der Waals surface area contributed by atoms with Gasteiger partial charge in [-0.1, -0.05) is 36.4 Å². The summed E-state index contributed by atoms with van der Waals surface area (Å²) in [7, 11) is 4.00. The van der Waals surface area contributed by atoms with Crippen LogP contribution in [-0.4, -0.2) is 37.5 Å². The minimum absolute atomic E-state index is 0.159. The van der Waals surface area contributed by atoms with Crippen molar-refractivity contribution in [3.63, 3.8) is 0 Å². The number of rotatable bonds is 4. The summed E-state index contributed by atoms with van der Waals surface area (Å²) in [5.74, 6) is 0.159. The average molecular weight is 308 g/mol. The molecule has 2 aromatic carbocycles. The Morgan fingerprint density at radius 2 is 1.91 bits per heavy atom. The molecule has 3 heteroatoms. The van der Waals surface area contributed by atoms with E-state index in [1.807, 2.05) is 49.3 Å². The first kappa shape index (κ1) is 15.6. The lowest BCUT2D eigenvalue weighted by molar-refractivity contribution is 0.0736. The van der Waals surface area contributed by atoms with Crippen LogP contribution in [0.25, 0.3) is 0 Å². The van der Waals surface area contributed by atoms with Gasteiger partial charge in [0.1, 0.15) is 0 Å². The van der Waals surface area contributed by atoms with Gasteiger partial charge in [-0.15, -0.1) is 0 Å². The molecule has 2 aromatic rings. The van der Waals surface area contributed by atoms with Crippen LogP contribution in [0.5, 0.6) is 0 Å². The van der Waals surface area contributed by atoms with Crippen LogP contribution in [-0.2, 0) is 6.42 Å². The third-order valence-corrected chi connectivity index (χ3v) is 4.56. The molecule has 0 N–H and O–H groups in total. The van der Waals surface area contributed by atoms with Crippen LogP contribution >= 0.6 is 0 Å². The van der Waals surface area contributed by atoms with Crippen LogP contribution in [0.2, 0.25) is 0 Å². The van der Waals surface area contributed by atoms with E-state index >= 15 is 0 Å². The first-order chi connectivity index (χ1) is 11.1. The predicted octanol–water partition coefficient (Wildman–Crippen LogP) is 3.60. The highest BCUT2D eigenvalue weighted by atomic mass is 16.2. The molecular weight excluding hydrogens is 284 g/mol. The summed E-state index contributed by atoms with van der Waals surface area (Å²) in [5.41, 5.74) is 3.16. The van der Waals surface area contributed by atoms with Gasteiger partial charge in [-0.2, -0.15) is 0 Å². The molecular formula is C20H24N2O. The first-order valence-electron chi connectivity index (χ1n) is 8.27. The Morgan fingerprint density at radius 1 is 1.13 bits per heavy atom. The second-order valence-corrected chi connectivity index (χ2v) is 6.43. The maximum Gasteiger partial charge on any atom is 0.254 e. The number of carbonyl (C=O) groups is 1. The maximum atomic E-state index is 12.9. The van der Waals surface area contributed by atoms with Crippen molar-refractivity contribution in [2.45, 2.75) is 25.3 Å². The van der Waals surface area contributed by atoms with Gasteiger partial charge in [-0.25, -0.2) is 0 Å². The van der Waals surface area contributed by atoms with Gasteiger partial charge in [0.15, 0.2) is 0 Å². The molecule has 0 saturated carbocycles. The zero-order valence-electron chi connectivity index (χ0n) is 13.9. The molecule has 120 valence electrons. The van der Waals surface area contributed by atoms with Crippen LogP contribution in [0, 0.1) is 0 Å². The first-order valence-corrected chi connectivity index (χ1v) is 8.27. The summed E-state index contributed by atoms with van der Waals surface area (Å²) in [6.07, 6.45) is 3.13. The van der Waals surface area contributed by atoms with E-state index in [0.717, 1.165) is 37.1 Å². The molecule has 23 heavy (non-hydrogen) atoms.